The lowest BCUT2D eigenvalue weighted by Crippen LogP contribution is -2.45. The molecule has 0 radical (unpaired) electrons. The van der Waals surface area contributed by atoms with Gasteiger partial charge in [0.15, 0.2) is 0 Å². The van der Waals surface area contributed by atoms with Gasteiger partial charge in [-0.1, -0.05) is 6.07 Å². The Bertz CT molecular complexity index is 466. The highest BCUT2D eigenvalue weighted by Crippen LogP contribution is 2.33. The van der Waals surface area contributed by atoms with Crippen molar-refractivity contribution in [3.8, 4) is 0 Å². The average molecular weight is 295 g/mol. The van der Waals surface area contributed by atoms with Crippen LogP contribution in [0.1, 0.15) is 30.4 Å². The molecule has 1 fully saturated rings. The highest BCUT2D eigenvalue weighted by molar-refractivity contribution is 5.26. The summed E-state index contributed by atoms with van der Waals surface area (Å²) in [7, 11) is 1.70. The fourth-order valence-corrected chi connectivity index (χ4v) is 3.25. The molecule has 1 N–H and O–H groups in total. The molecule has 1 atom stereocenters. The van der Waals surface area contributed by atoms with E-state index in [-0.39, 0.29) is 17.8 Å². The third-order valence-electron chi connectivity index (χ3n) is 4.61. The predicted octanol–water partition coefficient (Wildman–Crippen LogP) is 2.75. The Balaban J connectivity index is 2.03. The second-order valence-electron chi connectivity index (χ2n) is 6.29. The molecular weight excluding hydrogens is 269 g/mol. The third kappa shape index (κ3) is 4.25. The average Bonchev–Trinajstić information content (AvgIpc) is 2.48. The molecule has 1 aromatic carbocycles. The van der Waals surface area contributed by atoms with E-state index in [4.69, 9.17) is 4.74 Å². The van der Waals surface area contributed by atoms with Gasteiger partial charge in [0.2, 0.25) is 0 Å². The minimum absolute atomic E-state index is 0.0534. The number of aliphatic hydroxyl groups excluding tert-OH is 1. The van der Waals surface area contributed by atoms with Crippen LogP contribution in [-0.2, 0) is 11.3 Å². The number of likely N-dealkylation sites (tertiary alicyclic amines) is 1. The first-order valence-electron chi connectivity index (χ1n) is 7.66. The first-order chi connectivity index (χ1) is 10.1. The summed E-state index contributed by atoms with van der Waals surface area (Å²) in [5, 5.41) is 9.81. The van der Waals surface area contributed by atoms with Crippen molar-refractivity contribution < 1.29 is 14.2 Å². The van der Waals surface area contributed by atoms with E-state index >= 15 is 0 Å². The molecule has 2 rings (SSSR count). The van der Waals surface area contributed by atoms with Crippen LogP contribution >= 0.6 is 0 Å². The summed E-state index contributed by atoms with van der Waals surface area (Å²) in [6, 6.07) is 4.98. The molecular formula is C17H26FNO2. The maximum Gasteiger partial charge on any atom is 0.123 e. The lowest BCUT2D eigenvalue weighted by molar-refractivity contribution is 0.00470. The van der Waals surface area contributed by atoms with Crippen LogP contribution < -0.4 is 0 Å². The lowest BCUT2D eigenvalue weighted by Gasteiger charge is -2.42. The Morgan fingerprint density at radius 2 is 2.24 bits per heavy atom. The molecule has 1 aliphatic rings. The topological polar surface area (TPSA) is 32.7 Å². The molecule has 1 heterocycles. The van der Waals surface area contributed by atoms with Gasteiger partial charge < -0.3 is 9.84 Å². The summed E-state index contributed by atoms with van der Waals surface area (Å²) in [6.45, 7) is 5.57. The van der Waals surface area contributed by atoms with E-state index in [2.05, 4.69) is 4.90 Å². The molecule has 118 valence electrons. The normalized spacial score (nSPS) is 23.4. The van der Waals surface area contributed by atoms with Crippen molar-refractivity contribution in [1.29, 1.82) is 0 Å². The molecule has 1 aliphatic heterocycles. The van der Waals surface area contributed by atoms with Gasteiger partial charge in [0.05, 0.1) is 6.61 Å². The van der Waals surface area contributed by atoms with Crippen LogP contribution in [0.15, 0.2) is 18.2 Å². The van der Waals surface area contributed by atoms with Crippen molar-refractivity contribution >= 4 is 0 Å². The largest absolute Gasteiger partial charge is 0.396 e. The van der Waals surface area contributed by atoms with E-state index in [1.807, 2.05) is 13.0 Å². The van der Waals surface area contributed by atoms with Crippen molar-refractivity contribution in [3.05, 3.63) is 35.1 Å². The van der Waals surface area contributed by atoms with E-state index in [9.17, 15) is 9.50 Å². The van der Waals surface area contributed by atoms with Crippen molar-refractivity contribution in [3.63, 3.8) is 0 Å². The number of nitrogens with zero attached hydrogens (tertiary/aromatic N) is 1. The van der Waals surface area contributed by atoms with E-state index in [0.29, 0.717) is 6.61 Å². The summed E-state index contributed by atoms with van der Waals surface area (Å²) >= 11 is 0. The number of benzene rings is 1. The molecule has 4 heteroatoms. The van der Waals surface area contributed by atoms with E-state index in [1.165, 1.54) is 6.07 Å². The van der Waals surface area contributed by atoms with E-state index < -0.39 is 0 Å². The second-order valence-corrected chi connectivity index (χ2v) is 6.29. The summed E-state index contributed by atoms with van der Waals surface area (Å²) in [5.74, 6) is -0.181. The van der Waals surface area contributed by atoms with Crippen LogP contribution in [0.3, 0.4) is 0 Å². The first kappa shape index (κ1) is 16.4. The smallest absolute Gasteiger partial charge is 0.123 e. The number of aliphatic hydroxyl groups is 1. The molecule has 1 saturated heterocycles. The molecule has 21 heavy (non-hydrogen) atoms. The van der Waals surface area contributed by atoms with Gasteiger partial charge in [0.25, 0.3) is 0 Å². The Kier molecular flexibility index (Phi) is 5.73. The number of aryl methyl sites for hydroxylation is 1. The molecule has 0 bridgehead atoms. The fraction of sp³-hybridized carbons (Fsp3) is 0.647. The van der Waals surface area contributed by atoms with Gasteiger partial charge in [-0.25, -0.2) is 4.39 Å². The zero-order valence-electron chi connectivity index (χ0n) is 13.1. The summed E-state index contributed by atoms with van der Waals surface area (Å²) in [4.78, 5) is 2.37. The number of rotatable bonds is 6. The Morgan fingerprint density at radius 1 is 1.43 bits per heavy atom. The maximum absolute atomic E-state index is 13.2. The maximum atomic E-state index is 13.2. The molecule has 0 saturated carbocycles. The van der Waals surface area contributed by atoms with Crippen LogP contribution in [0.25, 0.3) is 0 Å². The van der Waals surface area contributed by atoms with Crippen LogP contribution in [-0.4, -0.2) is 43.4 Å². The SMILES string of the molecule is COCCC1(CO)CCCN(Cc2ccc(F)cc2C)C1. The quantitative estimate of drug-likeness (QED) is 0.876. The minimum atomic E-state index is -0.181. The number of ether oxygens (including phenoxy) is 1. The van der Waals surface area contributed by atoms with Crippen LogP contribution in [0, 0.1) is 18.2 Å². The zero-order valence-corrected chi connectivity index (χ0v) is 13.1. The lowest BCUT2D eigenvalue weighted by atomic mass is 9.78. The van der Waals surface area contributed by atoms with E-state index in [1.54, 1.807) is 13.2 Å². The van der Waals surface area contributed by atoms with Crippen molar-refractivity contribution in [2.45, 2.75) is 32.7 Å². The van der Waals surface area contributed by atoms with Gasteiger partial charge in [-0.3, -0.25) is 4.90 Å². The summed E-state index contributed by atoms with van der Waals surface area (Å²) < 4.78 is 18.4. The van der Waals surface area contributed by atoms with Crippen molar-refractivity contribution in [1.82, 2.24) is 4.90 Å². The molecule has 3 nitrogen and oxygen atoms in total. The predicted molar refractivity (Wildman–Crippen MR) is 81.7 cm³/mol. The molecule has 1 unspecified atom stereocenters. The van der Waals surface area contributed by atoms with Gasteiger partial charge in [0, 0.05) is 32.2 Å². The fourth-order valence-electron chi connectivity index (χ4n) is 3.25. The van der Waals surface area contributed by atoms with Crippen LogP contribution in [0.4, 0.5) is 4.39 Å². The third-order valence-corrected chi connectivity index (χ3v) is 4.61. The Labute approximate surface area is 126 Å². The monoisotopic (exact) mass is 295 g/mol. The van der Waals surface area contributed by atoms with Crippen LogP contribution in [0.2, 0.25) is 0 Å². The molecule has 0 amide bonds. The van der Waals surface area contributed by atoms with E-state index in [0.717, 1.165) is 50.0 Å². The number of hydrogen-bond acceptors (Lipinski definition) is 3. The summed E-state index contributed by atoms with van der Waals surface area (Å²) in [6.07, 6.45) is 3.02. The number of piperidine rings is 1. The number of halogens is 1. The Morgan fingerprint density at radius 3 is 2.90 bits per heavy atom. The number of methoxy groups -OCH3 is 1. The zero-order chi connectivity index (χ0) is 15.3. The molecule has 1 aromatic rings. The summed E-state index contributed by atoms with van der Waals surface area (Å²) in [5.41, 5.74) is 2.10. The van der Waals surface area contributed by atoms with Gasteiger partial charge >= 0.3 is 0 Å². The van der Waals surface area contributed by atoms with Gasteiger partial charge in [0.1, 0.15) is 5.82 Å². The first-order valence-corrected chi connectivity index (χ1v) is 7.66. The standard InChI is InChI=1S/C17H26FNO2/c1-14-10-16(18)5-4-15(14)11-19-8-3-6-17(12-19,13-20)7-9-21-2/h4-5,10,20H,3,6-9,11-13H2,1-2H3. The van der Waals surface area contributed by atoms with Crippen molar-refractivity contribution in [2.24, 2.45) is 5.41 Å². The van der Waals surface area contributed by atoms with Gasteiger partial charge in [-0.2, -0.15) is 0 Å². The molecule has 0 aliphatic carbocycles. The van der Waals surface area contributed by atoms with Gasteiger partial charge in [-0.05, 0) is 56.0 Å². The number of hydrogen-bond donors (Lipinski definition) is 1. The minimum Gasteiger partial charge on any atom is -0.396 e. The van der Waals surface area contributed by atoms with Crippen molar-refractivity contribution in [2.75, 3.05) is 33.4 Å². The van der Waals surface area contributed by atoms with Gasteiger partial charge in [-0.15, -0.1) is 0 Å². The molecule has 0 spiro atoms. The highest BCUT2D eigenvalue weighted by atomic mass is 19.1. The Hall–Kier alpha value is -0.970. The van der Waals surface area contributed by atoms with Crippen LogP contribution in [0.5, 0.6) is 0 Å². The molecule has 0 aromatic heterocycles. The highest BCUT2D eigenvalue weighted by Gasteiger charge is 2.34. The second kappa shape index (κ2) is 7.34.